The monoisotopic (exact) mass is 277 g/mol. The van der Waals surface area contributed by atoms with Crippen LogP contribution >= 0.6 is 11.3 Å². The first kappa shape index (κ1) is 14.6. The number of nitrogens with one attached hydrogen (secondary N) is 1. The highest BCUT2D eigenvalue weighted by atomic mass is 32.2. The molecule has 2 N–H and O–H groups in total. The Hall–Kier alpha value is -0.430. The van der Waals surface area contributed by atoms with Gasteiger partial charge < -0.3 is 10.4 Å². The highest BCUT2D eigenvalue weighted by Gasteiger charge is 2.15. The molecule has 1 unspecified atom stereocenters. The number of sulfone groups is 1. The van der Waals surface area contributed by atoms with E-state index in [0.29, 0.717) is 13.1 Å². The molecule has 0 aromatic carbocycles. The van der Waals surface area contributed by atoms with Crippen molar-refractivity contribution in [3.05, 3.63) is 22.4 Å². The second-order valence-electron chi connectivity index (χ2n) is 4.19. The van der Waals surface area contributed by atoms with Crippen molar-refractivity contribution in [2.75, 3.05) is 18.8 Å². The van der Waals surface area contributed by atoms with E-state index in [4.69, 9.17) is 0 Å². The van der Waals surface area contributed by atoms with E-state index in [1.54, 1.807) is 13.8 Å². The van der Waals surface area contributed by atoms with Gasteiger partial charge in [0, 0.05) is 13.1 Å². The molecule has 0 saturated heterocycles. The first-order chi connectivity index (χ1) is 7.93. The minimum absolute atomic E-state index is 0.112. The van der Waals surface area contributed by atoms with Crippen LogP contribution in [0.1, 0.15) is 25.5 Å². The maximum Gasteiger partial charge on any atom is 0.153 e. The Morgan fingerprint density at radius 2 is 2.18 bits per heavy atom. The van der Waals surface area contributed by atoms with Gasteiger partial charge in [-0.25, -0.2) is 8.42 Å². The Morgan fingerprint density at radius 3 is 2.71 bits per heavy atom. The molecule has 6 heteroatoms. The summed E-state index contributed by atoms with van der Waals surface area (Å²) in [5, 5.41) is 16.2. The topological polar surface area (TPSA) is 66.4 Å². The average Bonchev–Trinajstić information content (AvgIpc) is 2.77. The van der Waals surface area contributed by atoms with Gasteiger partial charge in [-0.2, -0.15) is 11.3 Å². The van der Waals surface area contributed by atoms with Gasteiger partial charge in [0.2, 0.25) is 0 Å². The van der Waals surface area contributed by atoms with Crippen molar-refractivity contribution < 1.29 is 13.5 Å². The highest BCUT2D eigenvalue weighted by molar-refractivity contribution is 7.92. The number of hydrogen-bond acceptors (Lipinski definition) is 5. The maximum atomic E-state index is 11.5. The van der Waals surface area contributed by atoms with Gasteiger partial charge in [0.05, 0.1) is 17.1 Å². The Balaban J connectivity index is 2.25. The summed E-state index contributed by atoms with van der Waals surface area (Å²) in [4.78, 5) is 0. The largest absolute Gasteiger partial charge is 0.387 e. The van der Waals surface area contributed by atoms with Gasteiger partial charge in [-0.05, 0) is 36.2 Å². The van der Waals surface area contributed by atoms with Crippen molar-refractivity contribution in [3.8, 4) is 0 Å². The smallest absolute Gasteiger partial charge is 0.153 e. The lowest BCUT2D eigenvalue weighted by molar-refractivity contribution is 0.176. The molecule has 0 aliphatic carbocycles. The van der Waals surface area contributed by atoms with Gasteiger partial charge in [-0.3, -0.25) is 0 Å². The number of aliphatic hydroxyl groups excluding tert-OH is 1. The van der Waals surface area contributed by atoms with Gasteiger partial charge >= 0.3 is 0 Å². The van der Waals surface area contributed by atoms with E-state index in [2.05, 4.69) is 5.32 Å². The molecule has 0 aliphatic rings. The average molecular weight is 277 g/mol. The second-order valence-corrected chi connectivity index (χ2v) is 7.65. The van der Waals surface area contributed by atoms with E-state index < -0.39 is 15.9 Å². The van der Waals surface area contributed by atoms with Crippen LogP contribution in [0, 0.1) is 0 Å². The summed E-state index contributed by atoms with van der Waals surface area (Å²) in [5.74, 6) is 0.112. The molecular formula is C11H19NO3S2. The van der Waals surface area contributed by atoms with E-state index in [9.17, 15) is 13.5 Å². The third-order valence-electron chi connectivity index (χ3n) is 2.55. The molecule has 1 atom stereocenters. The molecule has 17 heavy (non-hydrogen) atoms. The summed E-state index contributed by atoms with van der Waals surface area (Å²) >= 11 is 1.53. The van der Waals surface area contributed by atoms with Crippen LogP contribution < -0.4 is 5.32 Å². The Morgan fingerprint density at radius 1 is 1.47 bits per heavy atom. The fourth-order valence-corrected chi connectivity index (χ4v) is 2.88. The molecule has 0 fully saturated rings. The third-order valence-corrected chi connectivity index (χ3v) is 5.46. The summed E-state index contributed by atoms with van der Waals surface area (Å²) in [7, 11) is -2.99. The van der Waals surface area contributed by atoms with Gasteiger partial charge in [-0.1, -0.05) is 0 Å². The van der Waals surface area contributed by atoms with Crippen LogP contribution in [0.25, 0.3) is 0 Å². The zero-order valence-corrected chi connectivity index (χ0v) is 11.7. The number of rotatable bonds is 7. The molecule has 0 amide bonds. The fourth-order valence-electron chi connectivity index (χ4n) is 1.27. The first-order valence-electron chi connectivity index (χ1n) is 5.56. The molecule has 98 valence electrons. The Labute approximate surface area is 107 Å². The normalized spacial score (nSPS) is 14.1. The molecule has 0 bridgehead atoms. The van der Waals surface area contributed by atoms with Crippen molar-refractivity contribution in [1.29, 1.82) is 0 Å². The molecule has 0 radical (unpaired) electrons. The fraction of sp³-hybridized carbons (Fsp3) is 0.636. The lowest BCUT2D eigenvalue weighted by Crippen LogP contribution is -2.29. The third kappa shape index (κ3) is 4.75. The van der Waals surface area contributed by atoms with E-state index in [1.165, 1.54) is 11.3 Å². The molecule has 4 nitrogen and oxygen atoms in total. The van der Waals surface area contributed by atoms with Crippen LogP contribution in [-0.2, 0) is 9.84 Å². The number of hydrogen-bond donors (Lipinski definition) is 2. The summed E-state index contributed by atoms with van der Waals surface area (Å²) in [6.45, 7) is 4.11. The van der Waals surface area contributed by atoms with Gasteiger partial charge in [0.25, 0.3) is 0 Å². The van der Waals surface area contributed by atoms with Crippen LogP contribution in [0.15, 0.2) is 16.8 Å². The van der Waals surface area contributed by atoms with Crippen molar-refractivity contribution in [1.82, 2.24) is 5.32 Å². The molecule has 1 aromatic rings. The molecular weight excluding hydrogens is 258 g/mol. The van der Waals surface area contributed by atoms with Crippen LogP contribution in [0.5, 0.6) is 0 Å². The SMILES string of the molecule is CC(C)S(=O)(=O)CCNCC(O)c1ccsc1. The van der Waals surface area contributed by atoms with Crippen LogP contribution in [0.2, 0.25) is 0 Å². The summed E-state index contributed by atoms with van der Waals surface area (Å²) < 4.78 is 23.0. The van der Waals surface area contributed by atoms with Crippen molar-refractivity contribution in [2.45, 2.75) is 25.2 Å². The van der Waals surface area contributed by atoms with Crippen molar-refractivity contribution >= 4 is 21.2 Å². The van der Waals surface area contributed by atoms with Gasteiger partial charge in [0.15, 0.2) is 9.84 Å². The van der Waals surface area contributed by atoms with E-state index in [0.717, 1.165) is 5.56 Å². The highest BCUT2D eigenvalue weighted by Crippen LogP contribution is 2.14. The molecule has 1 aromatic heterocycles. The quantitative estimate of drug-likeness (QED) is 0.735. The van der Waals surface area contributed by atoms with Crippen molar-refractivity contribution in [3.63, 3.8) is 0 Å². The number of thiophene rings is 1. The van der Waals surface area contributed by atoms with Gasteiger partial charge in [0.1, 0.15) is 0 Å². The maximum absolute atomic E-state index is 11.5. The second kappa shape index (κ2) is 6.49. The Kier molecular flexibility index (Phi) is 5.58. The zero-order valence-electron chi connectivity index (χ0n) is 10.1. The molecule has 0 spiro atoms. The lowest BCUT2D eigenvalue weighted by Gasteiger charge is -2.11. The summed E-state index contributed by atoms with van der Waals surface area (Å²) in [6, 6.07) is 1.86. The van der Waals surface area contributed by atoms with Crippen LogP contribution in [0.3, 0.4) is 0 Å². The standard InChI is InChI=1S/C11H19NO3S2/c1-9(2)17(14,15)6-4-12-7-11(13)10-3-5-16-8-10/h3,5,8-9,11-13H,4,6-7H2,1-2H3. The summed E-state index contributed by atoms with van der Waals surface area (Å²) in [6.07, 6.45) is -0.567. The van der Waals surface area contributed by atoms with Crippen molar-refractivity contribution in [2.24, 2.45) is 0 Å². The first-order valence-corrected chi connectivity index (χ1v) is 8.21. The summed E-state index contributed by atoms with van der Waals surface area (Å²) in [5.41, 5.74) is 0.870. The minimum Gasteiger partial charge on any atom is -0.387 e. The predicted molar refractivity (Wildman–Crippen MR) is 71.1 cm³/mol. The lowest BCUT2D eigenvalue weighted by atomic mass is 10.2. The zero-order chi connectivity index (χ0) is 12.9. The van der Waals surface area contributed by atoms with E-state index >= 15 is 0 Å². The molecule has 0 saturated carbocycles. The number of aliphatic hydroxyl groups is 1. The van der Waals surface area contributed by atoms with E-state index in [-0.39, 0.29) is 11.0 Å². The molecule has 1 heterocycles. The Bertz CT molecular complexity index is 412. The van der Waals surface area contributed by atoms with Crippen LogP contribution in [-0.4, -0.2) is 37.6 Å². The van der Waals surface area contributed by atoms with Gasteiger partial charge in [-0.15, -0.1) is 0 Å². The minimum atomic E-state index is -2.99. The molecule has 0 aliphatic heterocycles. The van der Waals surface area contributed by atoms with E-state index in [1.807, 2.05) is 16.8 Å². The predicted octanol–water partition coefficient (Wildman–Crippen LogP) is 1.19. The van der Waals surface area contributed by atoms with Crippen LogP contribution in [0.4, 0.5) is 0 Å². The molecule has 1 rings (SSSR count).